The molecule has 15 heavy (non-hydrogen) atoms. The Morgan fingerprint density at radius 2 is 2.13 bits per heavy atom. The number of Topliss-reactive ketones (excluding diaryl/α,β-unsaturated/α-hetero) is 1. The van der Waals surface area contributed by atoms with Crippen LogP contribution in [0, 0.1) is 12.8 Å². The Hall–Kier alpha value is -0.760. The fourth-order valence-electron chi connectivity index (χ4n) is 1.56. The van der Waals surface area contributed by atoms with Crippen LogP contribution >= 0.6 is 11.8 Å². The van der Waals surface area contributed by atoms with Crippen LogP contribution in [0.1, 0.15) is 24.0 Å². The highest BCUT2D eigenvalue weighted by Gasteiger charge is 2.28. The molecule has 1 aromatic rings. The van der Waals surface area contributed by atoms with Crippen LogP contribution in [-0.2, 0) is 10.5 Å². The van der Waals surface area contributed by atoms with Gasteiger partial charge in [-0.05, 0) is 30.9 Å². The van der Waals surface area contributed by atoms with E-state index < -0.39 is 0 Å². The van der Waals surface area contributed by atoms with E-state index in [1.807, 2.05) is 0 Å². The summed E-state index contributed by atoms with van der Waals surface area (Å²) in [5, 5.41) is 0. The van der Waals surface area contributed by atoms with E-state index in [9.17, 15) is 4.79 Å². The minimum absolute atomic E-state index is 0.411. The maximum Gasteiger partial charge on any atom is 0.145 e. The molecule has 1 nitrogen and oxygen atoms in total. The third kappa shape index (κ3) is 3.10. The second kappa shape index (κ2) is 4.84. The van der Waals surface area contributed by atoms with E-state index in [-0.39, 0.29) is 0 Å². The van der Waals surface area contributed by atoms with E-state index in [1.54, 1.807) is 11.8 Å². The average molecular weight is 220 g/mol. The first-order chi connectivity index (χ1) is 7.27. The van der Waals surface area contributed by atoms with Gasteiger partial charge in [0.15, 0.2) is 0 Å². The Labute approximate surface area is 95.3 Å². The molecule has 2 rings (SSSR count). The molecule has 1 saturated carbocycles. The molecule has 1 aliphatic carbocycles. The zero-order valence-corrected chi connectivity index (χ0v) is 9.85. The lowest BCUT2D eigenvalue weighted by Gasteiger charge is -2.04. The van der Waals surface area contributed by atoms with E-state index in [2.05, 4.69) is 31.2 Å². The van der Waals surface area contributed by atoms with Crippen molar-refractivity contribution in [1.82, 2.24) is 0 Å². The van der Waals surface area contributed by atoms with Gasteiger partial charge in [-0.3, -0.25) is 4.79 Å². The van der Waals surface area contributed by atoms with Gasteiger partial charge in [0.2, 0.25) is 0 Å². The highest BCUT2D eigenvalue weighted by Crippen LogP contribution is 2.31. The summed E-state index contributed by atoms with van der Waals surface area (Å²) >= 11 is 1.75. The van der Waals surface area contributed by atoms with Crippen molar-refractivity contribution >= 4 is 17.5 Å². The summed E-state index contributed by atoms with van der Waals surface area (Å²) in [5.74, 6) is 2.52. The van der Waals surface area contributed by atoms with Gasteiger partial charge < -0.3 is 0 Å². The largest absolute Gasteiger partial charge is 0.298 e. The first-order valence-electron chi connectivity index (χ1n) is 5.42. The van der Waals surface area contributed by atoms with Crippen molar-refractivity contribution in [3.63, 3.8) is 0 Å². The quantitative estimate of drug-likeness (QED) is 0.758. The van der Waals surface area contributed by atoms with Gasteiger partial charge in [0.1, 0.15) is 5.78 Å². The lowest BCUT2D eigenvalue weighted by atomic mass is 10.1. The van der Waals surface area contributed by atoms with Gasteiger partial charge in [-0.25, -0.2) is 0 Å². The lowest BCUT2D eigenvalue weighted by molar-refractivity contribution is -0.117. The van der Waals surface area contributed by atoms with Crippen LogP contribution in [0.5, 0.6) is 0 Å². The van der Waals surface area contributed by atoms with Crippen LogP contribution in [0.2, 0.25) is 0 Å². The molecule has 1 fully saturated rings. The third-order valence-corrected chi connectivity index (χ3v) is 3.80. The highest BCUT2D eigenvalue weighted by molar-refractivity contribution is 7.99. The number of aryl methyl sites for hydroxylation is 1. The number of rotatable bonds is 5. The zero-order chi connectivity index (χ0) is 10.7. The number of benzene rings is 1. The summed E-state index contributed by atoms with van der Waals surface area (Å²) in [5.41, 5.74) is 2.68. The van der Waals surface area contributed by atoms with E-state index in [4.69, 9.17) is 0 Å². The topological polar surface area (TPSA) is 17.1 Å². The van der Waals surface area contributed by atoms with Gasteiger partial charge in [0.05, 0.1) is 5.75 Å². The predicted molar refractivity (Wildman–Crippen MR) is 65.1 cm³/mol. The Morgan fingerprint density at radius 1 is 1.40 bits per heavy atom. The van der Waals surface area contributed by atoms with Crippen LogP contribution < -0.4 is 0 Å². The number of hydrogen-bond acceptors (Lipinski definition) is 2. The molecule has 0 heterocycles. The molecular weight excluding hydrogens is 204 g/mol. The van der Waals surface area contributed by atoms with Crippen LogP contribution in [0.25, 0.3) is 0 Å². The highest BCUT2D eigenvalue weighted by atomic mass is 32.2. The summed E-state index contributed by atoms with van der Waals surface area (Å²) in [6.07, 6.45) is 2.26. The molecule has 0 amide bonds. The maximum atomic E-state index is 11.5. The fourth-order valence-corrected chi connectivity index (χ4v) is 2.64. The fraction of sp³-hybridized carbons (Fsp3) is 0.462. The van der Waals surface area contributed by atoms with Crippen molar-refractivity contribution in [2.24, 2.45) is 5.92 Å². The summed E-state index contributed by atoms with van der Waals surface area (Å²) in [6.45, 7) is 2.12. The molecule has 0 N–H and O–H groups in total. The minimum atomic E-state index is 0.411. The Balaban J connectivity index is 1.78. The molecular formula is C13H16OS. The summed E-state index contributed by atoms with van der Waals surface area (Å²) in [4.78, 5) is 11.5. The van der Waals surface area contributed by atoms with E-state index in [0.717, 1.165) is 18.6 Å². The number of carbonyl (C=O) groups excluding carboxylic acids is 1. The number of thioether (sulfide) groups is 1. The van der Waals surface area contributed by atoms with Gasteiger partial charge in [-0.1, -0.05) is 24.3 Å². The summed E-state index contributed by atoms with van der Waals surface area (Å²) in [6, 6.07) is 8.38. The maximum absolute atomic E-state index is 11.5. The van der Waals surface area contributed by atoms with Crippen molar-refractivity contribution < 1.29 is 4.79 Å². The van der Waals surface area contributed by atoms with E-state index in [0.29, 0.717) is 17.5 Å². The molecule has 2 heteroatoms. The monoisotopic (exact) mass is 220 g/mol. The second-order valence-corrected chi connectivity index (χ2v) is 5.15. The van der Waals surface area contributed by atoms with Crippen molar-refractivity contribution in [3.8, 4) is 0 Å². The van der Waals surface area contributed by atoms with Crippen LogP contribution in [0.15, 0.2) is 24.3 Å². The molecule has 0 atom stereocenters. The van der Waals surface area contributed by atoms with Crippen LogP contribution in [0.3, 0.4) is 0 Å². The van der Waals surface area contributed by atoms with Crippen LogP contribution in [-0.4, -0.2) is 11.5 Å². The van der Waals surface area contributed by atoms with Crippen molar-refractivity contribution in [2.45, 2.75) is 25.5 Å². The number of hydrogen-bond donors (Lipinski definition) is 0. The van der Waals surface area contributed by atoms with Gasteiger partial charge in [0.25, 0.3) is 0 Å². The van der Waals surface area contributed by atoms with Crippen LogP contribution in [0.4, 0.5) is 0 Å². The Morgan fingerprint density at radius 3 is 2.80 bits per heavy atom. The zero-order valence-electron chi connectivity index (χ0n) is 9.03. The SMILES string of the molecule is Cc1ccccc1CSCC(=O)C1CC1. The van der Waals surface area contributed by atoms with E-state index >= 15 is 0 Å². The molecule has 0 radical (unpaired) electrons. The van der Waals surface area contributed by atoms with Crippen molar-refractivity contribution in [2.75, 3.05) is 5.75 Å². The third-order valence-electron chi connectivity index (χ3n) is 2.80. The average Bonchev–Trinajstić information content (AvgIpc) is 3.04. The molecule has 0 unspecified atom stereocenters. The number of ketones is 1. The molecule has 0 bridgehead atoms. The first-order valence-corrected chi connectivity index (χ1v) is 6.58. The van der Waals surface area contributed by atoms with E-state index in [1.165, 1.54) is 11.1 Å². The molecule has 1 aromatic carbocycles. The number of carbonyl (C=O) groups is 1. The summed E-state index contributed by atoms with van der Waals surface area (Å²) < 4.78 is 0. The molecule has 0 aromatic heterocycles. The van der Waals surface area contributed by atoms with Gasteiger partial charge in [-0.15, -0.1) is 11.8 Å². The molecule has 1 aliphatic rings. The molecule has 0 aliphatic heterocycles. The Kier molecular flexibility index (Phi) is 3.47. The molecule has 0 spiro atoms. The first kappa shape index (κ1) is 10.7. The van der Waals surface area contributed by atoms with Crippen molar-refractivity contribution in [1.29, 1.82) is 0 Å². The predicted octanol–water partition coefficient (Wildman–Crippen LogP) is 3.21. The second-order valence-electron chi connectivity index (χ2n) is 4.16. The smallest absolute Gasteiger partial charge is 0.145 e. The summed E-state index contributed by atoms with van der Waals surface area (Å²) in [7, 11) is 0. The Bertz CT molecular complexity index is 355. The standard InChI is InChI=1S/C13H16OS/c1-10-4-2-3-5-12(10)8-15-9-13(14)11-6-7-11/h2-5,11H,6-9H2,1H3. The molecule has 80 valence electrons. The van der Waals surface area contributed by atoms with Gasteiger partial charge in [-0.2, -0.15) is 0 Å². The van der Waals surface area contributed by atoms with Crippen molar-refractivity contribution in [3.05, 3.63) is 35.4 Å². The van der Waals surface area contributed by atoms with Gasteiger partial charge in [0, 0.05) is 11.7 Å². The normalized spacial score (nSPS) is 15.3. The molecule has 0 saturated heterocycles. The van der Waals surface area contributed by atoms with Gasteiger partial charge >= 0.3 is 0 Å². The minimum Gasteiger partial charge on any atom is -0.298 e. The lowest BCUT2D eigenvalue weighted by Crippen LogP contribution is -2.03.